The van der Waals surface area contributed by atoms with Gasteiger partial charge in [-0.25, -0.2) is 9.79 Å². The van der Waals surface area contributed by atoms with Crippen LogP contribution < -0.4 is 0 Å². The lowest BCUT2D eigenvalue weighted by Crippen LogP contribution is -2.07. The summed E-state index contributed by atoms with van der Waals surface area (Å²) in [5.41, 5.74) is 1.92. The number of aliphatic carboxylic acids is 1. The molecule has 0 spiro atoms. The van der Waals surface area contributed by atoms with Gasteiger partial charge in [-0.1, -0.05) is 12.2 Å². The predicted octanol–water partition coefficient (Wildman–Crippen LogP) is 1.30. The van der Waals surface area contributed by atoms with Gasteiger partial charge in [-0.05, 0) is 24.1 Å². The van der Waals surface area contributed by atoms with Gasteiger partial charge in [0.25, 0.3) is 0 Å². The van der Waals surface area contributed by atoms with Crippen molar-refractivity contribution < 1.29 is 9.90 Å². The van der Waals surface area contributed by atoms with Gasteiger partial charge in [0.1, 0.15) is 5.71 Å². The van der Waals surface area contributed by atoms with Crippen molar-refractivity contribution in [2.75, 3.05) is 0 Å². The molecule has 3 nitrogen and oxygen atoms in total. The van der Waals surface area contributed by atoms with E-state index in [0.717, 1.165) is 17.7 Å². The van der Waals surface area contributed by atoms with Crippen molar-refractivity contribution in [3.05, 3.63) is 35.6 Å². The molecule has 0 atom stereocenters. The molecule has 0 bridgehead atoms. The molecule has 1 N–H and O–H groups in total. The van der Waals surface area contributed by atoms with Gasteiger partial charge in [0.15, 0.2) is 0 Å². The van der Waals surface area contributed by atoms with Gasteiger partial charge in [0.2, 0.25) is 0 Å². The van der Waals surface area contributed by atoms with Crippen LogP contribution in [-0.2, 0) is 4.79 Å². The number of carboxylic acid groups (broad SMARTS) is 1. The second-order valence-electron chi connectivity index (χ2n) is 2.66. The van der Waals surface area contributed by atoms with Crippen LogP contribution >= 0.6 is 0 Å². The first-order valence-corrected chi connectivity index (χ1v) is 3.67. The third kappa shape index (κ3) is 0.993. The average molecular weight is 161 g/mol. The number of carbonyl (C=O) groups is 1. The molecular formula is C9H7NO2. The van der Waals surface area contributed by atoms with Crippen molar-refractivity contribution in [3.8, 4) is 0 Å². The van der Waals surface area contributed by atoms with E-state index in [9.17, 15) is 4.79 Å². The maximum atomic E-state index is 10.5. The summed E-state index contributed by atoms with van der Waals surface area (Å²) in [6, 6.07) is 0. The Morgan fingerprint density at radius 3 is 3.08 bits per heavy atom. The SMILES string of the molecule is O=C(O)C1=NC2=CC=CCC2=C1. The fourth-order valence-corrected chi connectivity index (χ4v) is 1.24. The fraction of sp³-hybridized carbons (Fsp3) is 0.111. The number of nitrogens with zero attached hydrogens (tertiary/aromatic N) is 1. The first kappa shape index (κ1) is 7.03. The Bertz CT molecular complexity index is 356. The van der Waals surface area contributed by atoms with Crippen molar-refractivity contribution in [1.29, 1.82) is 0 Å². The Labute approximate surface area is 69.4 Å². The Balaban J connectivity index is 2.38. The van der Waals surface area contributed by atoms with E-state index < -0.39 is 5.97 Å². The largest absolute Gasteiger partial charge is 0.477 e. The number of carboxylic acids is 1. The lowest BCUT2D eigenvalue weighted by atomic mass is 10.1. The van der Waals surface area contributed by atoms with Crippen LogP contribution in [0, 0.1) is 0 Å². The number of hydrogen-bond donors (Lipinski definition) is 1. The molecule has 0 aromatic heterocycles. The predicted molar refractivity (Wildman–Crippen MR) is 45.0 cm³/mol. The summed E-state index contributed by atoms with van der Waals surface area (Å²) in [6.45, 7) is 0. The maximum absolute atomic E-state index is 10.5. The number of fused-ring (bicyclic) bond motifs is 1. The third-order valence-electron chi connectivity index (χ3n) is 1.83. The first-order chi connectivity index (χ1) is 5.77. The van der Waals surface area contributed by atoms with E-state index >= 15 is 0 Å². The van der Waals surface area contributed by atoms with Crippen molar-refractivity contribution in [2.45, 2.75) is 6.42 Å². The molecule has 0 saturated heterocycles. The maximum Gasteiger partial charge on any atom is 0.354 e. The Morgan fingerprint density at radius 1 is 1.58 bits per heavy atom. The highest BCUT2D eigenvalue weighted by Crippen LogP contribution is 2.25. The molecule has 12 heavy (non-hydrogen) atoms. The van der Waals surface area contributed by atoms with Crippen molar-refractivity contribution in [3.63, 3.8) is 0 Å². The zero-order valence-electron chi connectivity index (χ0n) is 6.32. The number of aliphatic imine (C=N–C) groups is 1. The van der Waals surface area contributed by atoms with Gasteiger partial charge in [-0.3, -0.25) is 0 Å². The Morgan fingerprint density at radius 2 is 2.42 bits per heavy atom. The van der Waals surface area contributed by atoms with Crippen LogP contribution in [-0.4, -0.2) is 16.8 Å². The van der Waals surface area contributed by atoms with Crippen LogP contribution in [0.4, 0.5) is 0 Å². The molecule has 0 unspecified atom stereocenters. The van der Waals surface area contributed by atoms with Gasteiger partial charge in [0, 0.05) is 0 Å². The van der Waals surface area contributed by atoms with Gasteiger partial charge in [0.05, 0.1) is 5.70 Å². The van der Waals surface area contributed by atoms with Gasteiger partial charge in [-0.2, -0.15) is 0 Å². The lowest BCUT2D eigenvalue weighted by molar-refractivity contribution is -0.129. The minimum absolute atomic E-state index is 0.139. The topological polar surface area (TPSA) is 49.7 Å². The second-order valence-corrected chi connectivity index (χ2v) is 2.66. The summed E-state index contributed by atoms with van der Waals surface area (Å²) < 4.78 is 0. The van der Waals surface area contributed by atoms with Crippen LogP contribution in [0.2, 0.25) is 0 Å². The molecule has 0 aromatic rings. The summed E-state index contributed by atoms with van der Waals surface area (Å²) in [6.07, 6.45) is 8.10. The normalized spacial score (nSPS) is 19.5. The molecule has 0 aromatic carbocycles. The quantitative estimate of drug-likeness (QED) is 0.630. The fourth-order valence-electron chi connectivity index (χ4n) is 1.24. The molecule has 1 aliphatic carbocycles. The minimum atomic E-state index is -0.960. The van der Waals surface area contributed by atoms with Crippen LogP contribution in [0.1, 0.15) is 6.42 Å². The van der Waals surface area contributed by atoms with Crippen LogP contribution in [0.3, 0.4) is 0 Å². The summed E-state index contributed by atoms with van der Waals surface area (Å²) in [5.74, 6) is -0.960. The molecule has 1 heterocycles. The Kier molecular flexibility index (Phi) is 1.43. The van der Waals surface area contributed by atoms with E-state index in [-0.39, 0.29) is 5.71 Å². The summed E-state index contributed by atoms with van der Waals surface area (Å²) in [4.78, 5) is 14.5. The average Bonchev–Trinajstić information content (AvgIpc) is 2.46. The van der Waals surface area contributed by atoms with E-state index in [1.54, 1.807) is 6.08 Å². The number of hydrogen-bond acceptors (Lipinski definition) is 2. The second kappa shape index (κ2) is 2.44. The molecule has 60 valence electrons. The van der Waals surface area contributed by atoms with Gasteiger partial charge < -0.3 is 5.11 Å². The van der Waals surface area contributed by atoms with E-state index in [1.165, 1.54) is 0 Å². The molecule has 1 aliphatic heterocycles. The lowest BCUT2D eigenvalue weighted by Gasteiger charge is -2.01. The molecular weight excluding hydrogens is 154 g/mol. The molecule has 0 amide bonds. The Hall–Kier alpha value is -1.64. The number of allylic oxidation sites excluding steroid dienone is 4. The standard InChI is InChI=1S/C9H7NO2/c11-9(12)8-5-6-3-1-2-4-7(6)10-8/h1-2,4-5H,3H2,(H,11,12). The third-order valence-corrected chi connectivity index (χ3v) is 1.83. The van der Waals surface area contributed by atoms with Crippen molar-refractivity contribution in [1.82, 2.24) is 0 Å². The number of rotatable bonds is 1. The van der Waals surface area contributed by atoms with Crippen LogP contribution in [0.5, 0.6) is 0 Å². The smallest absolute Gasteiger partial charge is 0.354 e. The van der Waals surface area contributed by atoms with E-state index in [2.05, 4.69) is 4.99 Å². The highest BCUT2D eigenvalue weighted by atomic mass is 16.4. The highest BCUT2D eigenvalue weighted by molar-refractivity contribution is 6.41. The van der Waals surface area contributed by atoms with Gasteiger partial charge >= 0.3 is 5.97 Å². The van der Waals surface area contributed by atoms with E-state index in [1.807, 2.05) is 18.2 Å². The summed E-state index contributed by atoms with van der Waals surface area (Å²) in [7, 11) is 0. The van der Waals surface area contributed by atoms with Crippen molar-refractivity contribution >= 4 is 11.7 Å². The molecule has 0 saturated carbocycles. The highest BCUT2D eigenvalue weighted by Gasteiger charge is 2.18. The van der Waals surface area contributed by atoms with E-state index in [0.29, 0.717) is 0 Å². The zero-order chi connectivity index (χ0) is 8.55. The van der Waals surface area contributed by atoms with Crippen molar-refractivity contribution in [2.24, 2.45) is 4.99 Å². The molecule has 2 rings (SSSR count). The minimum Gasteiger partial charge on any atom is -0.477 e. The molecule has 2 aliphatic rings. The van der Waals surface area contributed by atoms with Gasteiger partial charge in [-0.15, -0.1) is 0 Å². The van der Waals surface area contributed by atoms with E-state index in [4.69, 9.17) is 5.11 Å². The monoisotopic (exact) mass is 161 g/mol. The first-order valence-electron chi connectivity index (χ1n) is 3.67. The summed E-state index contributed by atoms with van der Waals surface area (Å²) >= 11 is 0. The molecule has 3 heteroatoms. The van der Waals surface area contributed by atoms with Crippen LogP contribution in [0.15, 0.2) is 40.6 Å². The van der Waals surface area contributed by atoms with Crippen LogP contribution in [0.25, 0.3) is 0 Å². The molecule has 0 radical (unpaired) electrons. The zero-order valence-corrected chi connectivity index (χ0v) is 6.32. The summed E-state index contributed by atoms with van der Waals surface area (Å²) in [5, 5.41) is 8.64. The molecule has 0 fully saturated rings.